The zero-order chi connectivity index (χ0) is 22.3. The summed E-state index contributed by atoms with van der Waals surface area (Å²) >= 11 is 0. The van der Waals surface area contributed by atoms with E-state index in [1.807, 2.05) is 39.8 Å². The van der Waals surface area contributed by atoms with Gasteiger partial charge in [-0.2, -0.15) is 5.26 Å². The molecule has 8 heteroatoms. The minimum atomic E-state index is -0.882. The maximum Gasteiger partial charge on any atom is 0.407 e. The van der Waals surface area contributed by atoms with Crippen molar-refractivity contribution in [2.24, 2.45) is 0 Å². The molecule has 1 aliphatic rings. The smallest absolute Gasteiger partial charge is 0.407 e. The van der Waals surface area contributed by atoms with Crippen molar-refractivity contribution in [3.8, 4) is 6.07 Å². The van der Waals surface area contributed by atoms with Crippen LogP contribution in [0.4, 0.5) is 9.59 Å². The molecule has 2 rings (SSSR count). The van der Waals surface area contributed by atoms with Gasteiger partial charge in [0.25, 0.3) is 0 Å². The van der Waals surface area contributed by atoms with Gasteiger partial charge in [0.2, 0.25) is 0 Å². The van der Waals surface area contributed by atoms with Crippen LogP contribution in [0.3, 0.4) is 0 Å². The van der Waals surface area contributed by atoms with E-state index in [0.29, 0.717) is 38.0 Å². The molecule has 0 spiro atoms. The van der Waals surface area contributed by atoms with Crippen molar-refractivity contribution >= 4 is 12.2 Å². The second-order valence-electron chi connectivity index (χ2n) is 8.77. The van der Waals surface area contributed by atoms with Crippen LogP contribution in [0.2, 0.25) is 0 Å². The molecule has 1 saturated heterocycles. The van der Waals surface area contributed by atoms with Crippen LogP contribution in [-0.2, 0) is 11.2 Å². The van der Waals surface area contributed by atoms with E-state index in [9.17, 15) is 14.7 Å². The summed E-state index contributed by atoms with van der Waals surface area (Å²) in [6, 6.07) is 9.24. The van der Waals surface area contributed by atoms with Gasteiger partial charge in [0.1, 0.15) is 5.60 Å². The standard InChI is InChI=1S/C22H32N4O4/c1-16-15-25(11-12-26(16)21(28)29)10-9-19(24-20(27)30-22(2,3)4)13-17-5-7-18(14-23)8-6-17/h5-8,16,19H,9-13,15H2,1-4H3,(H,24,27)(H,28,29)/t16-,19+/m1/s1. The highest BCUT2D eigenvalue weighted by Gasteiger charge is 2.27. The first-order chi connectivity index (χ1) is 14.1. The molecule has 8 nitrogen and oxygen atoms in total. The Balaban J connectivity index is 1.99. The first kappa shape index (κ1) is 23.5. The third kappa shape index (κ3) is 7.56. The topological polar surface area (TPSA) is 106 Å². The van der Waals surface area contributed by atoms with Gasteiger partial charge in [0.05, 0.1) is 11.6 Å². The first-order valence-electron chi connectivity index (χ1n) is 10.3. The molecule has 0 saturated carbocycles. The average molecular weight is 417 g/mol. The summed E-state index contributed by atoms with van der Waals surface area (Å²) in [4.78, 5) is 27.3. The van der Waals surface area contributed by atoms with Crippen molar-refractivity contribution < 1.29 is 19.4 Å². The molecule has 1 heterocycles. The lowest BCUT2D eigenvalue weighted by Gasteiger charge is -2.38. The van der Waals surface area contributed by atoms with Crippen LogP contribution in [-0.4, -0.2) is 71.0 Å². The Kier molecular flexibility index (Phi) is 8.07. The zero-order valence-corrected chi connectivity index (χ0v) is 18.2. The molecule has 0 bridgehead atoms. The molecule has 2 amide bonds. The molecule has 1 aliphatic heterocycles. The molecular weight excluding hydrogens is 384 g/mol. The Morgan fingerprint density at radius 2 is 1.97 bits per heavy atom. The third-order valence-corrected chi connectivity index (χ3v) is 5.04. The van der Waals surface area contributed by atoms with Crippen molar-refractivity contribution in [2.45, 2.75) is 58.2 Å². The second kappa shape index (κ2) is 10.3. The number of nitrogens with zero attached hydrogens (tertiary/aromatic N) is 3. The third-order valence-electron chi connectivity index (χ3n) is 5.04. The molecule has 0 aliphatic carbocycles. The zero-order valence-electron chi connectivity index (χ0n) is 18.2. The van der Waals surface area contributed by atoms with Crippen LogP contribution < -0.4 is 5.32 Å². The van der Waals surface area contributed by atoms with E-state index >= 15 is 0 Å². The second-order valence-corrected chi connectivity index (χ2v) is 8.77. The summed E-state index contributed by atoms with van der Waals surface area (Å²) in [5.41, 5.74) is 1.05. The average Bonchev–Trinajstić information content (AvgIpc) is 2.65. The molecule has 1 fully saturated rings. The Labute approximate surface area is 178 Å². The van der Waals surface area contributed by atoms with Gasteiger partial charge in [0, 0.05) is 38.3 Å². The molecule has 0 radical (unpaired) electrons. The molecule has 2 N–H and O–H groups in total. The maximum absolute atomic E-state index is 12.3. The number of carbonyl (C=O) groups is 2. The Bertz CT molecular complexity index is 767. The summed E-state index contributed by atoms with van der Waals surface area (Å²) in [6.45, 7) is 9.95. The number of hydrogen-bond acceptors (Lipinski definition) is 5. The molecule has 0 unspecified atom stereocenters. The summed E-state index contributed by atoms with van der Waals surface area (Å²) in [5, 5.41) is 21.2. The number of ether oxygens (including phenoxy) is 1. The monoisotopic (exact) mass is 416 g/mol. The van der Waals surface area contributed by atoms with E-state index in [1.165, 1.54) is 4.90 Å². The number of nitrogens with one attached hydrogen (secondary N) is 1. The van der Waals surface area contributed by atoms with Crippen molar-refractivity contribution in [2.75, 3.05) is 26.2 Å². The quantitative estimate of drug-likeness (QED) is 0.738. The summed E-state index contributed by atoms with van der Waals surface area (Å²) in [7, 11) is 0. The van der Waals surface area contributed by atoms with Crippen LogP contribution in [0.5, 0.6) is 0 Å². The van der Waals surface area contributed by atoms with Gasteiger partial charge in [-0.05, 0) is 58.2 Å². The Morgan fingerprint density at radius 3 is 2.50 bits per heavy atom. The fraction of sp³-hybridized carbons (Fsp3) is 0.591. The molecular formula is C22H32N4O4. The van der Waals surface area contributed by atoms with Gasteiger partial charge in [-0.25, -0.2) is 9.59 Å². The fourth-order valence-corrected chi connectivity index (χ4v) is 3.56. The van der Waals surface area contributed by atoms with Crippen LogP contribution in [0.1, 0.15) is 45.2 Å². The van der Waals surface area contributed by atoms with Gasteiger partial charge in [-0.3, -0.25) is 4.90 Å². The van der Waals surface area contributed by atoms with Crippen molar-refractivity contribution in [3.63, 3.8) is 0 Å². The number of carbonyl (C=O) groups excluding carboxylic acids is 1. The molecule has 1 aromatic carbocycles. The van der Waals surface area contributed by atoms with Crippen LogP contribution >= 0.6 is 0 Å². The van der Waals surface area contributed by atoms with E-state index in [2.05, 4.69) is 16.3 Å². The lowest BCUT2D eigenvalue weighted by Crippen LogP contribution is -2.54. The van der Waals surface area contributed by atoms with Gasteiger partial charge in [-0.1, -0.05) is 12.1 Å². The molecule has 2 atom stereocenters. The van der Waals surface area contributed by atoms with E-state index in [-0.39, 0.29) is 12.1 Å². The van der Waals surface area contributed by atoms with E-state index in [1.54, 1.807) is 12.1 Å². The molecule has 0 aromatic heterocycles. The molecule has 164 valence electrons. The van der Waals surface area contributed by atoms with Gasteiger partial charge in [-0.15, -0.1) is 0 Å². The van der Waals surface area contributed by atoms with Crippen LogP contribution in [0.25, 0.3) is 0 Å². The summed E-state index contributed by atoms with van der Waals surface area (Å²) < 4.78 is 5.41. The number of piperazine rings is 1. The number of hydrogen-bond donors (Lipinski definition) is 2. The number of carboxylic acid groups (broad SMARTS) is 1. The van der Waals surface area contributed by atoms with Gasteiger partial charge < -0.3 is 20.1 Å². The highest BCUT2D eigenvalue weighted by Crippen LogP contribution is 2.14. The highest BCUT2D eigenvalue weighted by molar-refractivity contribution is 5.68. The predicted molar refractivity (Wildman–Crippen MR) is 113 cm³/mol. The number of amides is 2. The largest absolute Gasteiger partial charge is 0.465 e. The highest BCUT2D eigenvalue weighted by atomic mass is 16.6. The lowest BCUT2D eigenvalue weighted by molar-refractivity contribution is 0.0484. The first-order valence-corrected chi connectivity index (χ1v) is 10.3. The maximum atomic E-state index is 12.3. The van der Waals surface area contributed by atoms with Crippen molar-refractivity contribution in [3.05, 3.63) is 35.4 Å². The predicted octanol–water partition coefficient (Wildman–Crippen LogP) is 3.07. The van der Waals surface area contributed by atoms with E-state index < -0.39 is 17.8 Å². The number of nitriles is 1. The van der Waals surface area contributed by atoms with Crippen LogP contribution in [0, 0.1) is 11.3 Å². The van der Waals surface area contributed by atoms with E-state index in [0.717, 1.165) is 12.1 Å². The minimum absolute atomic E-state index is 0.0629. The normalized spacial score (nSPS) is 18.4. The number of rotatable bonds is 6. The van der Waals surface area contributed by atoms with Gasteiger partial charge in [0.15, 0.2) is 0 Å². The van der Waals surface area contributed by atoms with Gasteiger partial charge >= 0.3 is 12.2 Å². The van der Waals surface area contributed by atoms with Crippen LogP contribution in [0.15, 0.2) is 24.3 Å². The molecule has 30 heavy (non-hydrogen) atoms. The summed E-state index contributed by atoms with van der Waals surface area (Å²) in [5.74, 6) is 0. The van der Waals surface area contributed by atoms with E-state index in [4.69, 9.17) is 10.00 Å². The fourth-order valence-electron chi connectivity index (χ4n) is 3.56. The number of alkyl carbamates (subject to hydrolysis) is 1. The minimum Gasteiger partial charge on any atom is -0.465 e. The SMILES string of the molecule is C[C@@H]1CN(CC[C@@H](Cc2ccc(C#N)cc2)NC(=O)OC(C)(C)C)CCN1C(=O)O. The lowest BCUT2D eigenvalue weighted by atomic mass is 10.0. The molecule has 1 aromatic rings. The van der Waals surface area contributed by atoms with Crippen molar-refractivity contribution in [1.29, 1.82) is 5.26 Å². The van der Waals surface area contributed by atoms with Crippen molar-refractivity contribution in [1.82, 2.24) is 15.1 Å². The summed E-state index contributed by atoms with van der Waals surface area (Å²) in [6.07, 6.45) is -0.00751. The Hall–Kier alpha value is -2.79. The number of benzene rings is 1. The Morgan fingerprint density at radius 1 is 1.30 bits per heavy atom.